The monoisotopic (exact) mass is 236 g/mol. The van der Waals surface area contributed by atoms with E-state index in [9.17, 15) is 4.79 Å². The van der Waals surface area contributed by atoms with Gasteiger partial charge in [0.05, 0.1) is 6.54 Å². The number of amides is 2. The highest BCUT2D eigenvalue weighted by molar-refractivity contribution is 5.73. The molecule has 0 bridgehead atoms. The van der Waals surface area contributed by atoms with Gasteiger partial charge in [-0.25, -0.2) is 4.79 Å². The summed E-state index contributed by atoms with van der Waals surface area (Å²) in [4.78, 5) is 12.6. The Morgan fingerprint density at radius 3 is 2.82 bits per heavy atom. The Morgan fingerprint density at radius 1 is 1.47 bits per heavy atom. The smallest absolute Gasteiger partial charge is 0.316 e. The average molecular weight is 236 g/mol. The summed E-state index contributed by atoms with van der Waals surface area (Å²) >= 11 is 0. The maximum absolute atomic E-state index is 11.2. The molecule has 0 unspecified atom stereocenters. The van der Waals surface area contributed by atoms with Crippen molar-refractivity contribution in [1.29, 1.82) is 5.26 Å². The van der Waals surface area contributed by atoms with Crippen LogP contribution >= 0.6 is 0 Å². The van der Waals surface area contributed by atoms with Gasteiger partial charge in [-0.15, -0.1) is 0 Å². The van der Waals surface area contributed by atoms with Crippen molar-refractivity contribution in [2.75, 3.05) is 27.2 Å². The quantitative estimate of drug-likeness (QED) is 0.730. The molecule has 0 saturated heterocycles. The Labute approximate surface area is 100 Å². The molecule has 6 heteroatoms. The molecule has 6 nitrogen and oxygen atoms in total. The summed E-state index contributed by atoms with van der Waals surface area (Å²) in [5, 5.41) is 14.4. The van der Waals surface area contributed by atoms with Gasteiger partial charge in [0.2, 0.25) is 5.76 Å². The van der Waals surface area contributed by atoms with E-state index in [-0.39, 0.29) is 6.03 Å². The highest BCUT2D eigenvalue weighted by Gasteiger charge is 2.02. The van der Waals surface area contributed by atoms with Crippen LogP contribution in [-0.2, 0) is 6.54 Å². The maximum Gasteiger partial charge on any atom is 0.316 e. The Balaban J connectivity index is 2.12. The third kappa shape index (κ3) is 4.57. The lowest BCUT2D eigenvalue weighted by Gasteiger charge is -2.11. The van der Waals surface area contributed by atoms with Crippen LogP contribution in [0.3, 0.4) is 0 Å². The summed E-state index contributed by atoms with van der Waals surface area (Å²) in [6.45, 7) is 1.73. The Morgan fingerprint density at radius 2 is 2.24 bits per heavy atom. The molecule has 0 fully saturated rings. The summed E-state index contributed by atoms with van der Waals surface area (Å²) in [6, 6.07) is 5.19. The van der Waals surface area contributed by atoms with Gasteiger partial charge in [-0.3, -0.25) is 0 Å². The topological polar surface area (TPSA) is 81.3 Å². The molecule has 0 aromatic carbocycles. The minimum Gasteiger partial charge on any atom is -0.449 e. The number of carbonyl (C=O) groups is 1. The van der Waals surface area contributed by atoms with Crippen LogP contribution in [0.15, 0.2) is 16.5 Å². The normalized spacial score (nSPS) is 9.71. The molecule has 0 aliphatic carbocycles. The first-order chi connectivity index (χ1) is 8.13. The van der Waals surface area contributed by atoms with Crippen LogP contribution < -0.4 is 10.6 Å². The Hall–Kier alpha value is -2.00. The van der Waals surface area contributed by atoms with Crippen molar-refractivity contribution in [3.8, 4) is 6.07 Å². The van der Waals surface area contributed by atoms with Crippen molar-refractivity contribution in [2.24, 2.45) is 0 Å². The van der Waals surface area contributed by atoms with Crippen LogP contribution in [0.4, 0.5) is 4.79 Å². The maximum atomic E-state index is 11.2. The van der Waals surface area contributed by atoms with E-state index in [1.807, 2.05) is 6.07 Å². The van der Waals surface area contributed by atoms with Gasteiger partial charge in [0.1, 0.15) is 11.8 Å². The second kappa shape index (κ2) is 6.55. The Kier molecular flexibility index (Phi) is 5.04. The molecule has 92 valence electrons. The largest absolute Gasteiger partial charge is 0.449 e. The van der Waals surface area contributed by atoms with Gasteiger partial charge in [-0.2, -0.15) is 5.26 Å². The highest BCUT2D eigenvalue weighted by Crippen LogP contribution is 2.05. The molecule has 0 saturated carbocycles. The van der Waals surface area contributed by atoms with Crippen molar-refractivity contribution in [2.45, 2.75) is 6.54 Å². The molecule has 2 amide bonds. The van der Waals surface area contributed by atoms with Crippen LogP contribution in [0.1, 0.15) is 11.5 Å². The first kappa shape index (κ1) is 13.1. The van der Waals surface area contributed by atoms with Gasteiger partial charge in [-0.05, 0) is 12.1 Å². The van der Waals surface area contributed by atoms with Crippen LogP contribution in [-0.4, -0.2) is 38.1 Å². The second-order valence-corrected chi connectivity index (χ2v) is 3.68. The van der Waals surface area contributed by atoms with Gasteiger partial charge in [0, 0.05) is 27.2 Å². The van der Waals surface area contributed by atoms with Crippen LogP contribution in [0.2, 0.25) is 0 Å². The number of carbonyl (C=O) groups excluding carboxylic acids is 1. The van der Waals surface area contributed by atoms with Gasteiger partial charge in [0.25, 0.3) is 0 Å². The van der Waals surface area contributed by atoms with Crippen LogP contribution in [0.25, 0.3) is 0 Å². The molecular formula is C11H16N4O2. The fourth-order valence-electron chi connectivity index (χ4n) is 1.16. The number of furan rings is 1. The molecule has 0 radical (unpaired) electrons. The minimum atomic E-state index is -0.114. The number of urea groups is 1. The zero-order valence-electron chi connectivity index (χ0n) is 9.99. The van der Waals surface area contributed by atoms with Crippen molar-refractivity contribution < 1.29 is 9.21 Å². The molecule has 2 N–H and O–H groups in total. The van der Waals surface area contributed by atoms with E-state index in [0.717, 1.165) is 0 Å². The van der Waals surface area contributed by atoms with Gasteiger partial charge >= 0.3 is 6.03 Å². The van der Waals surface area contributed by atoms with Gasteiger partial charge in [-0.1, -0.05) is 0 Å². The third-order valence-electron chi connectivity index (χ3n) is 2.06. The lowest BCUT2D eigenvalue weighted by molar-refractivity contribution is 0.217. The van der Waals surface area contributed by atoms with E-state index in [4.69, 9.17) is 9.68 Å². The molecule has 0 spiro atoms. The number of rotatable bonds is 5. The molecule has 1 heterocycles. The molecular weight excluding hydrogens is 220 g/mol. The SMILES string of the molecule is CN(C)C(=O)NCCNCc1ccc(C#N)o1. The van der Waals surface area contributed by atoms with Crippen LogP contribution in [0.5, 0.6) is 0 Å². The van der Waals surface area contributed by atoms with E-state index in [0.29, 0.717) is 31.2 Å². The summed E-state index contributed by atoms with van der Waals surface area (Å²) < 4.78 is 5.18. The predicted molar refractivity (Wildman–Crippen MR) is 62.2 cm³/mol. The fourth-order valence-corrected chi connectivity index (χ4v) is 1.16. The molecule has 1 rings (SSSR count). The summed E-state index contributed by atoms with van der Waals surface area (Å²) in [5.74, 6) is 1.02. The van der Waals surface area contributed by atoms with Crippen molar-refractivity contribution in [1.82, 2.24) is 15.5 Å². The second-order valence-electron chi connectivity index (χ2n) is 3.68. The molecule has 0 atom stereocenters. The van der Waals surface area contributed by atoms with Crippen LogP contribution in [0, 0.1) is 11.3 Å². The first-order valence-corrected chi connectivity index (χ1v) is 5.28. The molecule has 1 aromatic heterocycles. The van der Waals surface area contributed by atoms with Crippen molar-refractivity contribution in [3.63, 3.8) is 0 Å². The number of nitrogens with zero attached hydrogens (tertiary/aromatic N) is 2. The number of hydrogen-bond donors (Lipinski definition) is 2. The number of nitriles is 1. The summed E-state index contributed by atoms with van der Waals surface area (Å²) in [5.41, 5.74) is 0. The fraction of sp³-hybridized carbons (Fsp3) is 0.455. The minimum absolute atomic E-state index is 0.114. The molecule has 1 aromatic rings. The van der Waals surface area contributed by atoms with Gasteiger partial charge in [0.15, 0.2) is 0 Å². The van der Waals surface area contributed by atoms with E-state index in [1.54, 1.807) is 26.2 Å². The molecule has 0 aliphatic rings. The zero-order valence-corrected chi connectivity index (χ0v) is 9.99. The lowest BCUT2D eigenvalue weighted by atomic mass is 10.4. The van der Waals surface area contributed by atoms with E-state index in [1.165, 1.54) is 4.90 Å². The van der Waals surface area contributed by atoms with Crippen molar-refractivity contribution >= 4 is 6.03 Å². The first-order valence-electron chi connectivity index (χ1n) is 5.28. The predicted octanol–water partition coefficient (Wildman–Crippen LogP) is 0.512. The number of hydrogen-bond acceptors (Lipinski definition) is 4. The van der Waals surface area contributed by atoms with E-state index >= 15 is 0 Å². The average Bonchev–Trinajstić information content (AvgIpc) is 2.76. The highest BCUT2D eigenvalue weighted by atomic mass is 16.3. The lowest BCUT2D eigenvalue weighted by Crippen LogP contribution is -2.38. The third-order valence-corrected chi connectivity index (χ3v) is 2.06. The van der Waals surface area contributed by atoms with Crippen molar-refractivity contribution in [3.05, 3.63) is 23.7 Å². The number of nitrogens with one attached hydrogen (secondary N) is 2. The summed E-state index contributed by atoms with van der Waals surface area (Å²) in [6.07, 6.45) is 0. The Bertz CT molecular complexity index is 406. The molecule has 17 heavy (non-hydrogen) atoms. The molecule has 0 aliphatic heterocycles. The van der Waals surface area contributed by atoms with E-state index in [2.05, 4.69) is 10.6 Å². The standard InChI is InChI=1S/C11H16N4O2/c1-15(2)11(16)14-6-5-13-8-10-4-3-9(7-12)17-10/h3-4,13H,5-6,8H2,1-2H3,(H,14,16). The summed E-state index contributed by atoms with van der Waals surface area (Å²) in [7, 11) is 3.38. The van der Waals surface area contributed by atoms with E-state index < -0.39 is 0 Å². The van der Waals surface area contributed by atoms with Gasteiger partial charge < -0.3 is 20.0 Å². The zero-order chi connectivity index (χ0) is 12.7.